The van der Waals surface area contributed by atoms with Crippen molar-refractivity contribution in [2.45, 2.75) is 30.4 Å². The van der Waals surface area contributed by atoms with Crippen LogP contribution in [0.25, 0.3) is 0 Å². The summed E-state index contributed by atoms with van der Waals surface area (Å²) in [4.78, 5) is 5.55. The Hall–Kier alpha value is -0.740. The Labute approximate surface area is 94.6 Å². The summed E-state index contributed by atoms with van der Waals surface area (Å²) in [6.45, 7) is 2.95. The molecule has 2 rings (SSSR count). The summed E-state index contributed by atoms with van der Waals surface area (Å²) in [6.07, 6.45) is 5.30. The third-order valence-corrected chi connectivity index (χ3v) is 3.39. The Kier molecular flexibility index (Phi) is 3.49. The number of ether oxygens (including phenoxy) is 1. The van der Waals surface area contributed by atoms with Gasteiger partial charge in [-0.2, -0.15) is 0 Å². The second kappa shape index (κ2) is 4.86. The first-order chi connectivity index (χ1) is 7.29. The maximum Gasteiger partial charge on any atom is 0.126 e. The summed E-state index contributed by atoms with van der Waals surface area (Å²) in [6, 6.07) is 4.51. The van der Waals surface area contributed by atoms with Crippen LogP contribution in [0.2, 0.25) is 0 Å². The van der Waals surface area contributed by atoms with Gasteiger partial charge in [0.1, 0.15) is 5.82 Å². The van der Waals surface area contributed by atoms with Gasteiger partial charge in [-0.05, 0) is 31.7 Å². The first-order valence-electron chi connectivity index (χ1n) is 5.18. The smallest absolute Gasteiger partial charge is 0.126 e. The Morgan fingerprint density at radius 2 is 2.40 bits per heavy atom. The van der Waals surface area contributed by atoms with Crippen molar-refractivity contribution in [2.75, 3.05) is 18.2 Å². The predicted molar refractivity (Wildman–Crippen MR) is 63.5 cm³/mol. The molecule has 1 aliphatic rings. The van der Waals surface area contributed by atoms with E-state index in [-0.39, 0.29) is 6.10 Å². The zero-order chi connectivity index (χ0) is 10.7. The van der Waals surface area contributed by atoms with Crippen molar-refractivity contribution < 1.29 is 4.74 Å². The second-order valence-corrected chi connectivity index (χ2v) is 4.58. The number of pyridine rings is 1. The number of rotatable bonds is 3. The molecule has 0 bridgehead atoms. The minimum absolute atomic E-state index is 0.284. The molecule has 0 aromatic carbocycles. The number of thioether (sulfide) groups is 1. The highest BCUT2D eigenvalue weighted by Crippen LogP contribution is 2.19. The van der Waals surface area contributed by atoms with Crippen LogP contribution in [0.1, 0.15) is 13.3 Å². The van der Waals surface area contributed by atoms with Crippen LogP contribution in [0.3, 0.4) is 0 Å². The molecule has 1 N–H and O–H groups in total. The van der Waals surface area contributed by atoms with Crippen molar-refractivity contribution in [3.63, 3.8) is 0 Å². The SMILES string of the molecule is CSc1ccc(NC2CCOC2C)nc1. The van der Waals surface area contributed by atoms with Crippen molar-refractivity contribution in [3.05, 3.63) is 18.3 Å². The fourth-order valence-electron chi connectivity index (χ4n) is 1.70. The van der Waals surface area contributed by atoms with Gasteiger partial charge in [0.05, 0.1) is 12.1 Å². The highest BCUT2D eigenvalue weighted by atomic mass is 32.2. The molecule has 0 amide bonds. The van der Waals surface area contributed by atoms with Gasteiger partial charge >= 0.3 is 0 Å². The van der Waals surface area contributed by atoms with Crippen LogP contribution >= 0.6 is 11.8 Å². The molecular formula is C11H16N2OS. The predicted octanol–water partition coefficient (Wildman–Crippen LogP) is 2.39. The molecule has 2 atom stereocenters. The van der Waals surface area contributed by atoms with Crippen LogP contribution in [-0.4, -0.2) is 30.0 Å². The zero-order valence-electron chi connectivity index (χ0n) is 9.06. The second-order valence-electron chi connectivity index (χ2n) is 3.70. The lowest BCUT2D eigenvalue weighted by atomic mass is 10.1. The van der Waals surface area contributed by atoms with Gasteiger partial charge in [-0.1, -0.05) is 0 Å². The average molecular weight is 224 g/mol. The maximum absolute atomic E-state index is 5.49. The first-order valence-corrected chi connectivity index (χ1v) is 6.40. The van der Waals surface area contributed by atoms with Crippen LogP contribution in [0.15, 0.2) is 23.2 Å². The van der Waals surface area contributed by atoms with E-state index in [4.69, 9.17) is 4.74 Å². The van der Waals surface area contributed by atoms with Crippen LogP contribution in [0.5, 0.6) is 0 Å². The van der Waals surface area contributed by atoms with E-state index in [0.29, 0.717) is 6.04 Å². The topological polar surface area (TPSA) is 34.1 Å². The highest BCUT2D eigenvalue weighted by Gasteiger charge is 2.23. The monoisotopic (exact) mass is 224 g/mol. The lowest BCUT2D eigenvalue weighted by molar-refractivity contribution is 0.121. The molecule has 2 unspecified atom stereocenters. The van der Waals surface area contributed by atoms with Crippen LogP contribution in [0, 0.1) is 0 Å². The maximum atomic E-state index is 5.49. The molecule has 1 aromatic heterocycles. The zero-order valence-corrected chi connectivity index (χ0v) is 9.88. The van der Waals surface area contributed by atoms with E-state index in [1.807, 2.05) is 12.3 Å². The number of nitrogens with zero attached hydrogens (tertiary/aromatic N) is 1. The summed E-state index contributed by atoms with van der Waals surface area (Å²) in [5.41, 5.74) is 0. The summed E-state index contributed by atoms with van der Waals surface area (Å²) >= 11 is 1.71. The molecule has 15 heavy (non-hydrogen) atoms. The summed E-state index contributed by atoms with van der Waals surface area (Å²) in [5, 5.41) is 3.40. The van der Waals surface area contributed by atoms with E-state index >= 15 is 0 Å². The lowest BCUT2D eigenvalue weighted by Gasteiger charge is -2.16. The highest BCUT2D eigenvalue weighted by molar-refractivity contribution is 7.98. The van der Waals surface area contributed by atoms with Gasteiger partial charge in [0.25, 0.3) is 0 Å². The fraction of sp³-hybridized carbons (Fsp3) is 0.545. The van der Waals surface area contributed by atoms with Crippen LogP contribution < -0.4 is 5.32 Å². The van der Waals surface area contributed by atoms with Gasteiger partial charge in [0.15, 0.2) is 0 Å². The fourth-order valence-corrected chi connectivity index (χ4v) is 2.06. The van der Waals surface area contributed by atoms with Crippen molar-refractivity contribution in [1.82, 2.24) is 4.98 Å². The van der Waals surface area contributed by atoms with Crippen molar-refractivity contribution in [3.8, 4) is 0 Å². The molecule has 1 fully saturated rings. The summed E-state index contributed by atoms with van der Waals surface area (Å²) in [7, 11) is 0. The minimum atomic E-state index is 0.284. The van der Waals surface area contributed by atoms with Crippen molar-refractivity contribution in [1.29, 1.82) is 0 Å². The van der Waals surface area contributed by atoms with E-state index < -0.39 is 0 Å². The Bertz CT molecular complexity index is 315. The first kappa shape index (κ1) is 10.8. The molecule has 0 radical (unpaired) electrons. The summed E-state index contributed by atoms with van der Waals surface area (Å²) in [5.74, 6) is 0.940. The summed E-state index contributed by atoms with van der Waals surface area (Å²) < 4.78 is 5.49. The van der Waals surface area contributed by atoms with Crippen LogP contribution in [0.4, 0.5) is 5.82 Å². The van der Waals surface area contributed by atoms with Gasteiger partial charge in [-0.25, -0.2) is 4.98 Å². The van der Waals surface area contributed by atoms with Crippen molar-refractivity contribution >= 4 is 17.6 Å². The molecule has 0 aliphatic carbocycles. The largest absolute Gasteiger partial charge is 0.376 e. The van der Waals surface area contributed by atoms with Gasteiger partial charge in [0.2, 0.25) is 0 Å². The standard InChI is InChI=1S/C11H16N2OS/c1-8-10(5-6-14-8)13-11-4-3-9(15-2)7-12-11/h3-4,7-8,10H,5-6H2,1-2H3,(H,12,13). The third-order valence-electron chi connectivity index (χ3n) is 2.68. The van der Waals surface area contributed by atoms with Gasteiger partial charge < -0.3 is 10.1 Å². The van der Waals surface area contributed by atoms with Crippen LogP contribution in [-0.2, 0) is 4.74 Å². The van der Waals surface area contributed by atoms with E-state index in [0.717, 1.165) is 18.8 Å². The van der Waals surface area contributed by atoms with Gasteiger partial charge in [-0.3, -0.25) is 0 Å². The van der Waals surface area contributed by atoms with E-state index in [1.54, 1.807) is 11.8 Å². The molecule has 0 spiro atoms. The molecular weight excluding hydrogens is 208 g/mol. The minimum Gasteiger partial charge on any atom is -0.376 e. The van der Waals surface area contributed by atoms with E-state index in [2.05, 4.69) is 29.5 Å². The number of nitrogens with one attached hydrogen (secondary N) is 1. The Balaban J connectivity index is 1.98. The van der Waals surface area contributed by atoms with E-state index in [1.165, 1.54) is 4.90 Å². The molecule has 1 saturated heterocycles. The lowest BCUT2D eigenvalue weighted by Crippen LogP contribution is -2.26. The normalized spacial score (nSPS) is 25.5. The molecule has 1 aromatic rings. The van der Waals surface area contributed by atoms with Gasteiger partial charge in [0, 0.05) is 17.7 Å². The molecule has 3 nitrogen and oxygen atoms in total. The Morgan fingerprint density at radius 1 is 1.53 bits per heavy atom. The molecule has 4 heteroatoms. The Morgan fingerprint density at radius 3 is 2.93 bits per heavy atom. The number of aromatic nitrogens is 1. The number of hydrogen-bond acceptors (Lipinski definition) is 4. The third kappa shape index (κ3) is 2.63. The number of hydrogen-bond donors (Lipinski definition) is 1. The molecule has 82 valence electrons. The van der Waals surface area contributed by atoms with Gasteiger partial charge in [-0.15, -0.1) is 11.8 Å². The molecule has 0 saturated carbocycles. The average Bonchev–Trinajstić information content (AvgIpc) is 2.66. The molecule has 1 aliphatic heterocycles. The van der Waals surface area contributed by atoms with E-state index in [9.17, 15) is 0 Å². The molecule has 2 heterocycles. The quantitative estimate of drug-likeness (QED) is 0.799. The van der Waals surface area contributed by atoms with Crippen molar-refractivity contribution in [2.24, 2.45) is 0 Å². The number of anilines is 1.